The Bertz CT molecular complexity index is 195. The van der Waals surface area contributed by atoms with Crippen molar-refractivity contribution in [2.24, 2.45) is 11.1 Å². The van der Waals surface area contributed by atoms with Gasteiger partial charge in [0.05, 0.1) is 13.2 Å². The Hall–Kier alpha value is -0.330. The monoisotopic (exact) mass is 242 g/mol. The molecule has 0 radical (unpaired) electrons. The number of nitrogens with zero attached hydrogens (tertiary/aromatic N) is 1. The van der Waals surface area contributed by atoms with Crippen molar-refractivity contribution < 1.29 is 18.3 Å². The topological polar surface area (TPSA) is 49.5 Å². The third-order valence-electron chi connectivity index (χ3n) is 2.48. The Kier molecular flexibility index (Phi) is 6.28. The van der Waals surface area contributed by atoms with Gasteiger partial charge in [-0.3, -0.25) is 4.90 Å². The molecule has 0 aromatic carbocycles. The largest absolute Gasteiger partial charge is 0.401 e. The van der Waals surface area contributed by atoms with Crippen LogP contribution in [0.2, 0.25) is 0 Å². The third-order valence-corrected chi connectivity index (χ3v) is 2.48. The lowest BCUT2D eigenvalue weighted by Crippen LogP contribution is -2.39. The Morgan fingerprint density at radius 3 is 2.12 bits per heavy atom. The van der Waals surface area contributed by atoms with Crippen LogP contribution in [0.25, 0.3) is 0 Å². The van der Waals surface area contributed by atoms with Gasteiger partial charge in [0.15, 0.2) is 0 Å². The Labute approximate surface area is 94.4 Å². The molecule has 0 bridgehead atoms. The zero-order valence-corrected chi connectivity index (χ0v) is 9.85. The first-order chi connectivity index (χ1) is 7.20. The minimum absolute atomic E-state index is 0.0418. The van der Waals surface area contributed by atoms with Crippen LogP contribution in [-0.2, 0) is 0 Å². The number of hydrogen-bond donors (Lipinski definition) is 2. The minimum Gasteiger partial charge on any atom is -0.395 e. The van der Waals surface area contributed by atoms with Gasteiger partial charge in [-0.25, -0.2) is 0 Å². The average Bonchev–Trinajstić information content (AvgIpc) is 2.13. The molecule has 0 amide bonds. The second-order valence-electron chi connectivity index (χ2n) is 4.73. The van der Waals surface area contributed by atoms with Crippen LogP contribution < -0.4 is 5.73 Å². The zero-order valence-electron chi connectivity index (χ0n) is 9.85. The summed E-state index contributed by atoms with van der Waals surface area (Å²) in [5, 5.41) is 8.69. The van der Waals surface area contributed by atoms with Crippen molar-refractivity contribution in [2.45, 2.75) is 26.4 Å². The van der Waals surface area contributed by atoms with E-state index in [0.717, 1.165) is 0 Å². The molecule has 3 N–H and O–H groups in total. The number of aliphatic hydroxyl groups excluding tert-OH is 1. The summed E-state index contributed by atoms with van der Waals surface area (Å²) in [4.78, 5) is 1.21. The van der Waals surface area contributed by atoms with E-state index in [1.54, 1.807) is 0 Å². The van der Waals surface area contributed by atoms with Crippen LogP contribution in [0.15, 0.2) is 0 Å². The number of rotatable bonds is 7. The van der Waals surface area contributed by atoms with E-state index >= 15 is 0 Å². The second kappa shape index (κ2) is 6.42. The summed E-state index contributed by atoms with van der Waals surface area (Å²) >= 11 is 0. The average molecular weight is 242 g/mol. The van der Waals surface area contributed by atoms with Gasteiger partial charge in [-0.1, -0.05) is 13.8 Å². The summed E-state index contributed by atoms with van der Waals surface area (Å²) in [7, 11) is 0. The van der Waals surface area contributed by atoms with Gasteiger partial charge in [0.2, 0.25) is 0 Å². The lowest BCUT2D eigenvalue weighted by atomic mass is 9.89. The minimum atomic E-state index is -4.22. The van der Waals surface area contributed by atoms with Crippen LogP contribution in [0.5, 0.6) is 0 Å². The van der Waals surface area contributed by atoms with Crippen molar-refractivity contribution in [3.63, 3.8) is 0 Å². The molecule has 0 atom stereocenters. The standard InChI is InChI=1S/C10H21F3N2O/c1-9(2,7-14)3-4-15(5-6-16)8-10(11,12)13/h16H,3-8,14H2,1-2H3. The van der Waals surface area contributed by atoms with Crippen molar-refractivity contribution in [2.75, 3.05) is 32.8 Å². The molecule has 0 saturated carbocycles. The van der Waals surface area contributed by atoms with Gasteiger partial charge in [-0.05, 0) is 24.9 Å². The number of hydrogen-bond acceptors (Lipinski definition) is 3. The molecule has 0 spiro atoms. The first-order valence-electron chi connectivity index (χ1n) is 5.30. The Morgan fingerprint density at radius 2 is 1.75 bits per heavy atom. The van der Waals surface area contributed by atoms with E-state index in [1.807, 2.05) is 13.8 Å². The molecule has 0 unspecified atom stereocenters. The molecule has 98 valence electrons. The second-order valence-corrected chi connectivity index (χ2v) is 4.73. The van der Waals surface area contributed by atoms with Crippen LogP contribution in [0.3, 0.4) is 0 Å². The van der Waals surface area contributed by atoms with Crippen molar-refractivity contribution in [1.82, 2.24) is 4.90 Å². The number of nitrogens with two attached hydrogens (primary N) is 1. The van der Waals surface area contributed by atoms with E-state index in [0.29, 0.717) is 19.5 Å². The summed E-state index contributed by atoms with van der Waals surface area (Å²) in [6.45, 7) is 3.36. The highest BCUT2D eigenvalue weighted by Gasteiger charge is 2.31. The SMILES string of the molecule is CC(C)(CN)CCN(CCO)CC(F)(F)F. The fourth-order valence-electron chi connectivity index (χ4n) is 1.23. The molecule has 0 aromatic heterocycles. The molecular weight excluding hydrogens is 221 g/mol. The summed E-state index contributed by atoms with van der Waals surface area (Å²) in [5.74, 6) is 0. The van der Waals surface area contributed by atoms with Crippen molar-refractivity contribution in [3.8, 4) is 0 Å². The Balaban J connectivity index is 4.14. The third kappa shape index (κ3) is 7.90. The summed E-state index contributed by atoms with van der Waals surface area (Å²) in [5.41, 5.74) is 5.34. The number of halogens is 3. The molecule has 6 heteroatoms. The molecule has 0 saturated heterocycles. The lowest BCUT2D eigenvalue weighted by Gasteiger charge is -2.28. The predicted molar refractivity (Wildman–Crippen MR) is 57.0 cm³/mol. The number of alkyl halides is 3. The zero-order chi connectivity index (χ0) is 12.8. The molecule has 0 aliphatic heterocycles. The summed E-state index contributed by atoms with van der Waals surface area (Å²) < 4.78 is 36.5. The van der Waals surface area contributed by atoms with E-state index in [9.17, 15) is 13.2 Å². The van der Waals surface area contributed by atoms with Crippen molar-refractivity contribution >= 4 is 0 Å². The molecule has 0 aromatic rings. The van der Waals surface area contributed by atoms with Crippen molar-refractivity contribution in [1.29, 1.82) is 0 Å². The van der Waals surface area contributed by atoms with Gasteiger partial charge >= 0.3 is 6.18 Å². The van der Waals surface area contributed by atoms with Gasteiger partial charge in [-0.2, -0.15) is 13.2 Å². The highest BCUT2D eigenvalue weighted by atomic mass is 19.4. The fraction of sp³-hybridized carbons (Fsp3) is 1.00. The molecule has 0 aliphatic rings. The molecule has 0 aliphatic carbocycles. The first kappa shape index (κ1) is 15.7. The molecule has 0 heterocycles. The molecule has 0 fully saturated rings. The smallest absolute Gasteiger partial charge is 0.395 e. The van der Waals surface area contributed by atoms with E-state index in [2.05, 4.69) is 0 Å². The van der Waals surface area contributed by atoms with Gasteiger partial charge in [-0.15, -0.1) is 0 Å². The van der Waals surface area contributed by atoms with Crippen LogP contribution in [0, 0.1) is 5.41 Å². The van der Waals surface area contributed by atoms with Crippen LogP contribution in [0.4, 0.5) is 13.2 Å². The van der Waals surface area contributed by atoms with Gasteiger partial charge in [0.1, 0.15) is 0 Å². The van der Waals surface area contributed by atoms with Crippen LogP contribution in [0.1, 0.15) is 20.3 Å². The van der Waals surface area contributed by atoms with Crippen LogP contribution in [-0.4, -0.2) is 49.0 Å². The maximum absolute atomic E-state index is 12.2. The maximum Gasteiger partial charge on any atom is 0.401 e. The van der Waals surface area contributed by atoms with Gasteiger partial charge in [0, 0.05) is 6.54 Å². The maximum atomic E-state index is 12.2. The summed E-state index contributed by atoms with van der Waals surface area (Å²) in [6.07, 6.45) is -3.64. The van der Waals surface area contributed by atoms with E-state index in [1.165, 1.54) is 4.90 Å². The lowest BCUT2D eigenvalue weighted by molar-refractivity contribution is -0.147. The fourth-order valence-corrected chi connectivity index (χ4v) is 1.23. The highest BCUT2D eigenvalue weighted by molar-refractivity contribution is 4.73. The normalized spacial score (nSPS) is 13.5. The molecule has 16 heavy (non-hydrogen) atoms. The number of aliphatic hydroxyl groups is 1. The van der Waals surface area contributed by atoms with Crippen LogP contribution >= 0.6 is 0 Å². The Morgan fingerprint density at radius 1 is 1.19 bits per heavy atom. The molecular formula is C10H21F3N2O. The van der Waals surface area contributed by atoms with E-state index in [4.69, 9.17) is 10.8 Å². The predicted octanol–water partition coefficient (Wildman–Crippen LogP) is 1.22. The van der Waals surface area contributed by atoms with Gasteiger partial charge < -0.3 is 10.8 Å². The molecule has 3 nitrogen and oxygen atoms in total. The quantitative estimate of drug-likeness (QED) is 0.705. The van der Waals surface area contributed by atoms with Crippen molar-refractivity contribution in [3.05, 3.63) is 0 Å². The van der Waals surface area contributed by atoms with E-state index < -0.39 is 12.7 Å². The van der Waals surface area contributed by atoms with E-state index in [-0.39, 0.29) is 18.6 Å². The molecule has 0 rings (SSSR count). The first-order valence-corrected chi connectivity index (χ1v) is 5.30. The summed E-state index contributed by atoms with van der Waals surface area (Å²) in [6, 6.07) is 0. The highest BCUT2D eigenvalue weighted by Crippen LogP contribution is 2.21. The van der Waals surface area contributed by atoms with Gasteiger partial charge in [0.25, 0.3) is 0 Å².